The smallest absolute Gasteiger partial charge is 0.294 e. The van der Waals surface area contributed by atoms with E-state index in [9.17, 15) is 0 Å². The van der Waals surface area contributed by atoms with Crippen LogP contribution in [0.5, 0.6) is 0 Å². The molecule has 4 heteroatoms. The summed E-state index contributed by atoms with van der Waals surface area (Å²) in [6, 6.07) is 5.56. The van der Waals surface area contributed by atoms with Crippen molar-refractivity contribution in [3.05, 3.63) is 34.6 Å². The number of rotatable bonds is 0. The summed E-state index contributed by atoms with van der Waals surface area (Å²) in [6.45, 7) is 0. The van der Waals surface area contributed by atoms with Gasteiger partial charge in [0.2, 0.25) is 0 Å². The second kappa shape index (κ2) is 3.30. The van der Waals surface area contributed by atoms with Gasteiger partial charge in [0.15, 0.2) is 6.20 Å². The highest BCUT2D eigenvalue weighted by atomic mass is 35.5. The second-order valence-corrected chi connectivity index (χ2v) is 3.93. The third kappa shape index (κ3) is 1.41. The lowest BCUT2D eigenvalue weighted by molar-refractivity contribution is -0.667. The Hall–Kier alpha value is -0.990. The highest BCUT2D eigenvalue weighted by Crippen LogP contribution is 2.28. The zero-order chi connectivity index (χ0) is 10.3. The van der Waals surface area contributed by atoms with E-state index in [1.807, 2.05) is 31.4 Å². The van der Waals surface area contributed by atoms with E-state index < -0.39 is 0 Å². The van der Waals surface area contributed by atoms with Crippen molar-refractivity contribution in [3.8, 4) is 0 Å². The summed E-state index contributed by atoms with van der Waals surface area (Å²) in [6.07, 6.45) is 1.90. The fourth-order valence-electron chi connectivity index (χ4n) is 1.42. The van der Waals surface area contributed by atoms with Crippen LogP contribution in [-0.2, 0) is 7.05 Å². The van der Waals surface area contributed by atoms with Gasteiger partial charge >= 0.3 is 0 Å². The highest BCUT2D eigenvalue weighted by Gasteiger charge is 2.13. The van der Waals surface area contributed by atoms with E-state index in [-0.39, 0.29) is 0 Å². The molecule has 0 bridgehead atoms. The average Bonchev–Trinajstić information content (AvgIpc) is 2.14. The van der Waals surface area contributed by atoms with Crippen LogP contribution in [0.1, 0.15) is 0 Å². The van der Waals surface area contributed by atoms with Gasteiger partial charge in [-0.2, -0.15) is 4.57 Å². The Morgan fingerprint density at radius 1 is 1.29 bits per heavy atom. The van der Waals surface area contributed by atoms with Gasteiger partial charge in [0.1, 0.15) is 12.1 Å². The first-order chi connectivity index (χ1) is 6.59. The Kier molecular flexibility index (Phi) is 2.25. The van der Waals surface area contributed by atoms with E-state index in [4.69, 9.17) is 28.9 Å². The molecule has 2 N–H and O–H groups in total. The summed E-state index contributed by atoms with van der Waals surface area (Å²) in [7, 11) is 1.84. The number of aryl methyl sites for hydroxylation is 1. The Balaban J connectivity index is 2.91. The average molecular weight is 228 g/mol. The highest BCUT2D eigenvalue weighted by molar-refractivity contribution is 6.43. The molecule has 0 unspecified atom stereocenters. The fraction of sp³-hybridized carbons (Fsp3) is 0.100. The van der Waals surface area contributed by atoms with E-state index in [0.29, 0.717) is 10.2 Å². The minimum Gasteiger partial charge on any atom is -0.399 e. The van der Waals surface area contributed by atoms with Gasteiger partial charge in [0.25, 0.3) is 5.15 Å². The number of hydrogen-bond donors (Lipinski definition) is 1. The minimum absolute atomic E-state index is 0.531. The number of nitrogen functional groups attached to an aromatic ring is 1. The van der Waals surface area contributed by atoms with E-state index in [0.717, 1.165) is 16.5 Å². The van der Waals surface area contributed by atoms with Crippen molar-refractivity contribution >= 4 is 39.7 Å². The summed E-state index contributed by atoms with van der Waals surface area (Å²) in [4.78, 5) is 0. The van der Waals surface area contributed by atoms with Gasteiger partial charge in [-0.25, -0.2) is 0 Å². The van der Waals surface area contributed by atoms with Crippen LogP contribution in [0, 0.1) is 0 Å². The molecule has 0 saturated carbocycles. The maximum atomic E-state index is 6.09. The molecular weight excluding hydrogens is 219 g/mol. The van der Waals surface area contributed by atoms with Crippen LogP contribution in [0.4, 0.5) is 5.69 Å². The predicted molar refractivity (Wildman–Crippen MR) is 59.6 cm³/mol. The number of hydrogen-bond acceptors (Lipinski definition) is 1. The van der Waals surface area contributed by atoms with E-state index >= 15 is 0 Å². The molecule has 14 heavy (non-hydrogen) atoms. The van der Waals surface area contributed by atoms with Gasteiger partial charge in [-0.1, -0.05) is 17.7 Å². The van der Waals surface area contributed by atoms with Crippen LogP contribution in [0.15, 0.2) is 24.4 Å². The molecule has 1 aromatic heterocycles. The van der Waals surface area contributed by atoms with Crippen molar-refractivity contribution < 1.29 is 4.57 Å². The first kappa shape index (κ1) is 9.56. The van der Waals surface area contributed by atoms with Crippen molar-refractivity contribution in [1.82, 2.24) is 0 Å². The zero-order valence-electron chi connectivity index (χ0n) is 7.59. The summed E-state index contributed by atoms with van der Waals surface area (Å²) in [5.74, 6) is 0. The monoisotopic (exact) mass is 227 g/mol. The normalized spacial score (nSPS) is 10.8. The molecule has 0 amide bonds. The number of benzene rings is 1. The lowest BCUT2D eigenvalue weighted by atomic mass is 10.1. The quantitative estimate of drug-likeness (QED) is 0.419. The molecule has 0 aliphatic rings. The molecule has 2 nitrogen and oxygen atoms in total. The topological polar surface area (TPSA) is 29.9 Å². The number of fused-ring (bicyclic) bond motifs is 1. The fourth-order valence-corrected chi connectivity index (χ4v) is 1.88. The van der Waals surface area contributed by atoms with Crippen LogP contribution in [-0.4, -0.2) is 0 Å². The Morgan fingerprint density at radius 2 is 2.00 bits per heavy atom. The maximum absolute atomic E-state index is 6.09. The van der Waals surface area contributed by atoms with Crippen LogP contribution in [0.3, 0.4) is 0 Å². The first-order valence-electron chi connectivity index (χ1n) is 4.12. The van der Waals surface area contributed by atoms with Gasteiger partial charge in [-0.05, 0) is 23.7 Å². The number of pyridine rings is 1. The molecule has 1 heterocycles. The molecule has 0 aliphatic heterocycles. The number of halogens is 2. The molecule has 0 aliphatic carbocycles. The number of nitrogens with zero attached hydrogens (tertiary/aromatic N) is 1. The van der Waals surface area contributed by atoms with E-state index in [1.165, 1.54) is 0 Å². The summed E-state index contributed by atoms with van der Waals surface area (Å²) in [5.41, 5.74) is 6.40. The van der Waals surface area contributed by atoms with Crippen LogP contribution >= 0.6 is 23.2 Å². The van der Waals surface area contributed by atoms with Gasteiger partial charge < -0.3 is 5.73 Å². The molecule has 72 valence electrons. The van der Waals surface area contributed by atoms with Gasteiger partial charge in [0.05, 0.1) is 0 Å². The van der Waals surface area contributed by atoms with Crippen molar-refractivity contribution in [3.63, 3.8) is 0 Å². The molecular formula is C10H9Cl2N2+. The Labute approximate surface area is 91.9 Å². The largest absolute Gasteiger partial charge is 0.399 e. The van der Waals surface area contributed by atoms with Crippen LogP contribution in [0.25, 0.3) is 10.8 Å². The molecule has 0 radical (unpaired) electrons. The Bertz CT molecular complexity index is 509. The molecule has 2 aromatic rings. The SMILES string of the molecule is C[n+]1cc2cc(N)ccc2c(Cl)c1Cl. The summed E-state index contributed by atoms with van der Waals surface area (Å²) < 4.78 is 1.77. The number of anilines is 1. The number of nitrogens with two attached hydrogens (primary N) is 1. The van der Waals surface area contributed by atoms with E-state index in [2.05, 4.69) is 0 Å². The predicted octanol–water partition coefficient (Wildman–Crippen LogP) is 2.55. The molecule has 0 spiro atoms. The third-order valence-corrected chi connectivity index (χ3v) is 3.07. The molecule has 0 fully saturated rings. The lowest BCUT2D eigenvalue weighted by Gasteiger charge is -2.01. The zero-order valence-corrected chi connectivity index (χ0v) is 9.10. The van der Waals surface area contributed by atoms with Crippen LogP contribution < -0.4 is 10.3 Å². The Morgan fingerprint density at radius 3 is 2.71 bits per heavy atom. The number of aromatic nitrogens is 1. The molecule has 2 rings (SSSR count). The standard InChI is InChI=1S/C10H9Cl2N2/c1-14-5-6-4-7(13)2-3-8(6)9(11)10(14)12/h2-5H,13H2,1H3/q+1. The van der Waals surface area contributed by atoms with Crippen LogP contribution in [0.2, 0.25) is 10.2 Å². The first-order valence-corrected chi connectivity index (χ1v) is 4.88. The second-order valence-electron chi connectivity index (χ2n) is 3.19. The van der Waals surface area contributed by atoms with Gasteiger partial charge in [0, 0.05) is 16.5 Å². The summed E-state index contributed by atoms with van der Waals surface area (Å²) in [5, 5.41) is 3.00. The molecule has 1 aromatic carbocycles. The maximum Gasteiger partial charge on any atom is 0.294 e. The minimum atomic E-state index is 0.531. The van der Waals surface area contributed by atoms with Crippen molar-refractivity contribution in [2.75, 3.05) is 5.73 Å². The van der Waals surface area contributed by atoms with Gasteiger partial charge in [-0.3, -0.25) is 0 Å². The van der Waals surface area contributed by atoms with Gasteiger partial charge in [-0.15, -0.1) is 0 Å². The van der Waals surface area contributed by atoms with Crippen molar-refractivity contribution in [1.29, 1.82) is 0 Å². The van der Waals surface area contributed by atoms with E-state index in [1.54, 1.807) is 4.57 Å². The molecule has 0 atom stereocenters. The van der Waals surface area contributed by atoms with Crippen molar-refractivity contribution in [2.45, 2.75) is 0 Å². The summed E-state index contributed by atoms with van der Waals surface area (Å²) >= 11 is 12.1. The third-order valence-electron chi connectivity index (χ3n) is 2.14. The molecule has 0 saturated heterocycles. The lowest BCUT2D eigenvalue weighted by Crippen LogP contribution is -2.29. The van der Waals surface area contributed by atoms with Crippen molar-refractivity contribution in [2.24, 2.45) is 7.05 Å².